The third-order valence-electron chi connectivity index (χ3n) is 2.34. The summed E-state index contributed by atoms with van der Waals surface area (Å²) in [4.78, 5) is 1.71. The van der Waals surface area contributed by atoms with E-state index in [1.165, 1.54) is 6.20 Å². The molecule has 0 fully saturated rings. The van der Waals surface area contributed by atoms with Crippen molar-refractivity contribution in [3.05, 3.63) is 17.8 Å². The van der Waals surface area contributed by atoms with Crippen molar-refractivity contribution < 1.29 is 10.3 Å². The molecular weight excluding hydrogens is 210 g/mol. The van der Waals surface area contributed by atoms with Crippen LogP contribution in [0.5, 0.6) is 0 Å². The molecule has 0 aromatic carbocycles. The lowest BCUT2D eigenvalue weighted by molar-refractivity contribution is 0.269. The Hall–Kier alpha value is -1.89. The standard InChI is InChI=1S/C9H15N5O2/c1-6(5-15)14(2)9-7(8(10)13-16)3-4-11-12-9/h3-4,6,15-16H,5H2,1-2H3,(H2,10,13). The summed E-state index contributed by atoms with van der Waals surface area (Å²) < 4.78 is 0. The molecule has 0 saturated carbocycles. The van der Waals surface area contributed by atoms with E-state index in [4.69, 9.17) is 16.0 Å². The molecule has 7 nitrogen and oxygen atoms in total. The van der Waals surface area contributed by atoms with Crippen molar-refractivity contribution in [2.24, 2.45) is 10.9 Å². The molecule has 0 amide bonds. The molecular formula is C9H15N5O2. The number of hydrogen-bond donors (Lipinski definition) is 3. The van der Waals surface area contributed by atoms with Gasteiger partial charge in [0.15, 0.2) is 11.7 Å². The van der Waals surface area contributed by atoms with Crippen molar-refractivity contribution in [1.29, 1.82) is 0 Å². The van der Waals surface area contributed by atoms with E-state index < -0.39 is 0 Å². The van der Waals surface area contributed by atoms with Gasteiger partial charge in [-0.3, -0.25) is 0 Å². The maximum absolute atomic E-state index is 9.05. The second-order valence-electron chi connectivity index (χ2n) is 3.40. The van der Waals surface area contributed by atoms with Gasteiger partial charge >= 0.3 is 0 Å². The highest BCUT2D eigenvalue weighted by Gasteiger charge is 2.16. The van der Waals surface area contributed by atoms with E-state index in [-0.39, 0.29) is 18.5 Å². The van der Waals surface area contributed by atoms with Gasteiger partial charge < -0.3 is 20.9 Å². The van der Waals surface area contributed by atoms with Crippen LogP contribution in [0.3, 0.4) is 0 Å². The fourth-order valence-corrected chi connectivity index (χ4v) is 1.17. The third-order valence-corrected chi connectivity index (χ3v) is 2.34. The normalized spacial score (nSPS) is 13.6. The Morgan fingerprint density at radius 2 is 2.38 bits per heavy atom. The predicted octanol–water partition coefficient (Wildman–Crippen LogP) is -0.612. The molecule has 88 valence electrons. The number of aliphatic hydroxyl groups is 1. The number of amidine groups is 1. The topological polar surface area (TPSA) is 108 Å². The summed E-state index contributed by atoms with van der Waals surface area (Å²) >= 11 is 0. The van der Waals surface area contributed by atoms with Gasteiger partial charge in [0.25, 0.3) is 0 Å². The van der Waals surface area contributed by atoms with Gasteiger partial charge in [0.1, 0.15) is 0 Å². The van der Waals surface area contributed by atoms with Crippen LogP contribution >= 0.6 is 0 Å². The lowest BCUT2D eigenvalue weighted by atomic mass is 10.2. The molecule has 0 saturated heterocycles. The number of aromatic nitrogens is 2. The predicted molar refractivity (Wildman–Crippen MR) is 59.5 cm³/mol. The molecule has 0 aliphatic rings. The van der Waals surface area contributed by atoms with Crippen LogP contribution in [-0.4, -0.2) is 46.0 Å². The Balaban J connectivity index is 3.13. The van der Waals surface area contributed by atoms with E-state index in [1.54, 1.807) is 18.0 Å². The van der Waals surface area contributed by atoms with E-state index in [1.807, 2.05) is 6.92 Å². The van der Waals surface area contributed by atoms with Gasteiger partial charge in [-0.25, -0.2) is 0 Å². The summed E-state index contributed by atoms with van der Waals surface area (Å²) in [6.07, 6.45) is 1.45. The van der Waals surface area contributed by atoms with E-state index in [2.05, 4.69) is 15.4 Å². The van der Waals surface area contributed by atoms with E-state index >= 15 is 0 Å². The van der Waals surface area contributed by atoms with Crippen molar-refractivity contribution in [3.63, 3.8) is 0 Å². The minimum Gasteiger partial charge on any atom is -0.409 e. The number of nitrogens with two attached hydrogens (primary N) is 1. The minimum atomic E-state index is -0.137. The summed E-state index contributed by atoms with van der Waals surface area (Å²) in [5.74, 6) is 0.418. The SMILES string of the molecule is CC(CO)N(C)c1nnccc1/C(N)=N/O. The van der Waals surface area contributed by atoms with Crippen molar-refractivity contribution in [1.82, 2.24) is 10.2 Å². The van der Waals surface area contributed by atoms with Gasteiger partial charge in [-0.2, -0.15) is 5.10 Å². The van der Waals surface area contributed by atoms with Gasteiger partial charge in [-0.1, -0.05) is 5.16 Å². The van der Waals surface area contributed by atoms with Crippen molar-refractivity contribution in [2.75, 3.05) is 18.6 Å². The lowest BCUT2D eigenvalue weighted by Crippen LogP contribution is -2.34. The molecule has 0 aliphatic carbocycles. The molecule has 0 aliphatic heterocycles. The second-order valence-corrected chi connectivity index (χ2v) is 3.40. The zero-order valence-electron chi connectivity index (χ0n) is 9.20. The Labute approximate surface area is 93.2 Å². The fourth-order valence-electron chi connectivity index (χ4n) is 1.17. The number of likely N-dealkylation sites (N-methyl/N-ethyl adjacent to an activating group) is 1. The molecule has 1 aromatic heterocycles. The van der Waals surface area contributed by atoms with Crippen LogP contribution in [0.1, 0.15) is 12.5 Å². The maximum atomic E-state index is 9.05. The zero-order chi connectivity index (χ0) is 12.1. The molecule has 0 radical (unpaired) electrons. The maximum Gasteiger partial charge on any atom is 0.173 e. The van der Waals surface area contributed by atoms with Gasteiger partial charge in [-0.15, -0.1) is 5.10 Å². The number of anilines is 1. The third kappa shape index (κ3) is 2.37. The van der Waals surface area contributed by atoms with E-state index in [9.17, 15) is 0 Å². The number of aliphatic hydroxyl groups excluding tert-OH is 1. The summed E-state index contributed by atoms with van der Waals surface area (Å²) in [6, 6.07) is 1.46. The molecule has 1 heterocycles. The number of oxime groups is 1. The summed E-state index contributed by atoms with van der Waals surface area (Å²) in [6.45, 7) is 1.80. The first-order chi connectivity index (χ1) is 7.61. The first-order valence-electron chi connectivity index (χ1n) is 4.75. The van der Waals surface area contributed by atoms with Crippen LogP contribution in [0.25, 0.3) is 0 Å². The first kappa shape index (κ1) is 12.2. The molecule has 1 atom stereocenters. The second kappa shape index (κ2) is 5.26. The average Bonchev–Trinajstić information content (AvgIpc) is 2.35. The highest BCUT2D eigenvalue weighted by Crippen LogP contribution is 2.16. The van der Waals surface area contributed by atoms with Crippen LogP contribution in [0.15, 0.2) is 17.4 Å². The Kier molecular flexibility index (Phi) is 4.01. The monoisotopic (exact) mass is 225 g/mol. The summed E-state index contributed by atoms with van der Waals surface area (Å²) in [7, 11) is 1.75. The first-order valence-corrected chi connectivity index (χ1v) is 4.75. The van der Waals surface area contributed by atoms with Crippen LogP contribution in [-0.2, 0) is 0 Å². The van der Waals surface area contributed by atoms with Gasteiger partial charge in [-0.05, 0) is 13.0 Å². The number of rotatable bonds is 4. The highest BCUT2D eigenvalue weighted by atomic mass is 16.4. The molecule has 16 heavy (non-hydrogen) atoms. The van der Waals surface area contributed by atoms with Crippen molar-refractivity contribution in [2.45, 2.75) is 13.0 Å². The molecule has 4 N–H and O–H groups in total. The van der Waals surface area contributed by atoms with E-state index in [0.717, 1.165) is 0 Å². The van der Waals surface area contributed by atoms with Crippen LogP contribution in [0.2, 0.25) is 0 Å². The van der Waals surface area contributed by atoms with E-state index in [0.29, 0.717) is 11.4 Å². The van der Waals surface area contributed by atoms with Crippen LogP contribution in [0.4, 0.5) is 5.82 Å². The summed E-state index contributed by atoms with van der Waals surface area (Å²) in [5, 5.41) is 28.3. The molecule has 0 bridgehead atoms. The Bertz CT molecular complexity index is 382. The zero-order valence-corrected chi connectivity index (χ0v) is 9.20. The molecule has 1 unspecified atom stereocenters. The Morgan fingerprint density at radius 1 is 1.69 bits per heavy atom. The number of nitrogens with zero attached hydrogens (tertiary/aromatic N) is 4. The Morgan fingerprint density at radius 3 is 2.94 bits per heavy atom. The van der Waals surface area contributed by atoms with Crippen LogP contribution in [0, 0.1) is 0 Å². The average molecular weight is 225 g/mol. The summed E-state index contributed by atoms with van der Waals surface area (Å²) in [5.41, 5.74) is 5.99. The van der Waals surface area contributed by atoms with Gasteiger partial charge in [0, 0.05) is 7.05 Å². The molecule has 1 aromatic rings. The number of hydrogen-bond acceptors (Lipinski definition) is 6. The smallest absolute Gasteiger partial charge is 0.173 e. The largest absolute Gasteiger partial charge is 0.409 e. The van der Waals surface area contributed by atoms with Crippen LogP contribution < -0.4 is 10.6 Å². The van der Waals surface area contributed by atoms with Gasteiger partial charge in [0.05, 0.1) is 24.4 Å². The van der Waals surface area contributed by atoms with Gasteiger partial charge in [0.2, 0.25) is 0 Å². The minimum absolute atomic E-state index is 0.0251. The lowest BCUT2D eigenvalue weighted by Gasteiger charge is -2.25. The fraction of sp³-hybridized carbons (Fsp3) is 0.444. The van der Waals surface area contributed by atoms with Crippen molar-refractivity contribution in [3.8, 4) is 0 Å². The van der Waals surface area contributed by atoms with Crippen molar-refractivity contribution >= 4 is 11.7 Å². The molecule has 7 heteroatoms. The highest BCUT2D eigenvalue weighted by molar-refractivity contribution is 6.01. The molecule has 1 rings (SSSR count). The quantitative estimate of drug-likeness (QED) is 0.273. The molecule has 0 spiro atoms.